The molecule has 2 aromatic rings. The van der Waals surface area contributed by atoms with Crippen molar-refractivity contribution in [1.82, 2.24) is 4.72 Å². The van der Waals surface area contributed by atoms with Crippen LogP contribution in [0.2, 0.25) is 5.02 Å². The molecular formula is C17H20ClNO2S. The molecular weight excluding hydrogens is 318 g/mol. The SMILES string of the molecule is CCc1ccc(C(C)NS(=O)(=O)Cc2ccccc2Cl)cc1. The molecule has 1 N–H and O–H groups in total. The Hall–Kier alpha value is -1.36. The first-order chi connectivity index (χ1) is 10.4. The van der Waals surface area contributed by atoms with E-state index in [1.54, 1.807) is 24.3 Å². The van der Waals surface area contributed by atoms with Gasteiger partial charge in [0.05, 0.1) is 5.75 Å². The molecule has 0 aromatic heterocycles. The van der Waals surface area contributed by atoms with Gasteiger partial charge in [-0.2, -0.15) is 0 Å². The van der Waals surface area contributed by atoms with Crippen LogP contribution < -0.4 is 4.72 Å². The van der Waals surface area contributed by atoms with Crippen LogP contribution in [0.5, 0.6) is 0 Å². The molecule has 22 heavy (non-hydrogen) atoms. The second kappa shape index (κ2) is 7.27. The van der Waals surface area contributed by atoms with E-state index in [-0.39, 0.29) is 11.8 Å². The third-order valence-electron chi connectivity index (χ3n) is 3.55. The highest BCUT2D eigenvalue weighted by molar-refractivity contribution is 7.88. The van der Waals surface area contributed by atoms with Gasteiger partial charge in [0.25, 0.3) is 0 Å². The Kier molecular flexibility index (Phi) is 5.62. The van der Waals surface area contributed by atoms with Crippen molar-refractivity contribution in [2.45, 2.75) is 32.1 Å². The Labute approximate surface area is 137 Å². The maximum Gasteiger partial charge on any atom is 0.216 e. The average Bonchev–Trinajstić information content (AvgIpc) is 2.49. The molecule has 1 atom stereocenters. The first-order valence-corrected chi connectivity index (χ1v) is 9.26. The van der Waals surface area contributed by atoms with Crippen LogP contribution in [-0.2, 0) is 22.2 Å². The van der Waals surface area contributed by atoms with Gasteiger partial charge in [0.2, 0.25) is 10.0 Å². The number of sulfonamides is 1. The summed E-state index contributed by atoms with van der Waals surface area (Å²) in [6.45, 7) is 3.93. The molecule has 0 aliphatic rings. The smallest absolute Gasteiger partial charge is 0.212 e. The van der Waals surface area contributed by atoms with E-state index in [9.17, 15) is 8.42 Å². The minimum atomic E-state index is -3.45. The zero-order valence-corrected chi connectivity index (χ0v) is 14.3. The van der Waals surface area contributed by atoms with Crippen molar-refractivity contribution in [1.29, 1.82) is 0 Å². The Balaban J connectivity index is 2.09. The fourth-order valence-electron chi connectivity index (χ4n) is 2.24. The molecule has 0 saturated heterocycles. The van der Waals surface area contributed by atoms with Gasteiger partial charge in [0.1, 0.15) is 0 Å². The van der Waals surface area contributed by atoms with Crippen molar-refractivity contribution in [2.75, 3.05) is 0 Å². The van der Waals surface area contributed by atoms with Crippen LogP contribution in [0.15, 0.2) is 48.5 Å². The number of benzene rings is 2. The third-order valence-corrected chi connectivity index (χ3v) is 5.32. The molecule has 0 bridgehead atoms. The molecule has 118 valence electrons. The van der Waals surface area contributed by atoms with Gasteiger partial charge in [-0.05, 0) is 36.1 Å². The summed E-state index contributed by atoms with van der Waals surface area (Å²) in [5.74, 6) is -0.121. The average molecular weight is 338 g/mol. The van der Waals surface area contributed by atoms with Crippen molar-refractivity contribution in [2.24, 2.45) is 0 Å². The third kappa shape index (κ3) is 4.57. The topological polar surface area (TPSA) is 46.2 Å². The molecule has 1 unspecified atom stereocenters. The lowest BCUT2D eigenvalue weighted by atomic mass is 10.1. The van der Waals surface area contributed by atoms with Crippen molar-refractivity contribution in [3.8, 4) is 0 Å². The molecule has 2 rings (SSSR count). The minimum absolute atomic E-state index is 0.121. The molecule has 0 aliphatic heterocycles. The van der Waals surface area contributed by atoms with Crippen molar-refractivity contribution in [3.05, 3.63) is 70.2 Å². The van der Waals surface area contributed by atoms with Crippen LogP contribution >= 0.6 is 11.6 Å². The van der Waals surface area contributed by atoms with Gasteiger partial charge < -0.3 is 0 Å². The van der Waals surface area contributed by atoms with Gasteiger partial charge in [0.15, 0.2) is 0 Å². The first kappa shape index (κ1) is 17.0. The monoisotopic (exact) mass is 337 g/mol. The highest BCUT2D eigenvalue weighted by atomic mass is 35.5. The number of aryl methyl sites for hydroxylation is 1. The Morgan fingerprint density at radius 2 is 1.73 bits per heavy atom. The summed E-state index contributed by atoms with van der Waals surface area (Å²) in [4.78, 5) is 0. The molecule has 0 radical (unpaired) electrons. The largest absolute Gasteiger partial charge is 0.216 e. The van der Waals surface area contributed by atoms with E-state index >= 15 is 0 Å². The Morgan fingerprint density at radius 3 is 2.32 bits per heavy atom. The molecule has 0 saturated carbocycles. The lowest BCUT2D eigenvalue weighted by Gasteiger charge is -2.15. The van der Waals surface area contributed by atoms with Crippen LogP contribution in [0.1, 0.15) is 36.6 Å². The second-order valence-corrected chi connectivity index (χ2v) is 7.45. The van der Waals surface area contributed by atoms with Crippen LogP contribution in [0.3, 0.4) is 0 Å². The Bertz CT molecular complexity index is 727. The molecule has 5 heteroatoms. The summed E-state index contributed by atoms with van der Waals surface area (Å²) >= 11 is 6.03. The quantitative estimate of drug-likeness (QED) is 0.863. The molecule has 3 nitrogen and oxygen atoms in total. The predicted molar refractivity (Wildman–Crippen MR) is 91.4 cm³/mol. The predicted octanol–water partition coefficient (Wildman–Crippen LogP) is 4.08. The van der Waals surface area contributed by atoms with E-state index in [1.165, 1.54) is 5.56 Å². The van der Waals surface area contributed by atoms with Crippen LogP contribution in [0.25, 0.3) is 0 Å². The molecule has 0 heterocycles. The lowest BCUT2D eigenvalue weighted by molar-refractivity contribution is 0.566. The van der Waals surface area contributed by atoms with Gasteiger partial charge in [0, 0.05) is 11.1 Å². The number of rotatable bonds is 6. The Morgan fingerprint density at radius 1 is 1.09 bits per heavy atom. The number of hydrogen-bond donors (Lipinski definition) is 1. The van der Waals surface area contributed by atoms with Crippen molar-refractivity contribution >= 4 is 21.6 Å². The van der Waals surface area contributed by atoms with Crippen molar-refractivity contribution in [3.63, 3.8) is 0 Å². The maximum absolute atomic E-state index is 12.3. The second-order valence-electron chi connectivity index (χ2n) is 5.29. The zero-order valence-electron chi connectivity index (χ0n) is 12.7. The summed E-state index contributed by atoms with van der Waals surface area (Å²) in [7, 11) is -3.45. The summed E-state index contributed by atoms with van der Waals surface area (Å²) in [5, 5.41) is 0.466. The van der Waals surface area contributed by atoms with E-state index in [0.29, 0.717) is 10.6 Å². The van der Waals surface area contributed by atoms with E-state index in [1.807, 2.05) is 31.2 Å². The molecule has 0 aliphatic carbocycles. The van der Waals surface area contributed by atoms with Crippen LogP contribution in [0.4, 0.5) is 0 Å². The van der Waals surface area contributed by atoms with E-state index in [4.69, 9.17) is 11.6 Å². The van der Waals surface area contributed by atoms with Gasteiger partial charge in [-0.15, -0.1) is 0 Å². The summed E-state index contributed by atoms with van der Waals surface area (Å²) < 4.78 is 27.3. The van der Waals surface area contributed by atoms with Gasteiger partial charge in [-0.3, -0.25) is 0 Å². The minimum Gasteiger partial charge on any atom is -0.212 e. The van der Waals surface area contributed by atoms with Crippen LogP contribution in [-0.4, -0.2) is 8.42 Å². The van der Waals surface area contributed by atoms with Gasteiger partial charge in [-0.1, -0.05) is 61.0 Å². The van der Waals surface area contributed by atoms with Gasteiger partial charge >= 0.3 is 0 Å². The van der Waals surface area contributed by atoms with Crippen molar-refractivity contribution < 1.29 is 8.42 Å². The van der Waals surface area contributed by atoms with E-state index in [2.05, 4.69) is 11.6 Å². The normalized spacial score (nSPS) is 13.0. The standard InChI is InChI=1S/C17H20ClNO2S/c1-3-14-8-10-15(11-9-14)13(2)19-22(20,21)12-16-6-4-5-7-17(16)18/h4-11,13,19H,3,12H2,1-2H3. The zero-order chi connectivity index (χ0) is 16.2. The molecule has 0 spiro atoms. The molecule has 2 aromatic carbocycles. The van der Waals surface area contributed by atoms with Crippen LogP contribution in [0, 0.1) is 0 Å². The van der Waals surface area contributed by atoms with E-state index in [0.717, 1.165) is 12.0 Å². The summed E-state index contributed by atoms with van der Waals surface area (Å²) in [6, 6.07) is 14.7. The molecule has 0 amide bonds. The summed E-state index contributed by atoms with van der Waals surface area (Å²) in [5.41, 5.74) is 2.78. The highest BCUT2D eigenvalue weighted by Gasteiger charge is 2.17. The fourth-order valence-corrected chi connectivity index (χ4v) is 3.94. The number of halogens is 1. The fraction of sp³-hybridized carbons (Fsp3) is 0.294. The van der Waals surface area contributed by atoms with E-state index < -0.39 is 10.0 Å². The first-order valence-electron chi connectivity index (χ1n) is 7.23. The summed E-state index contributed by atoms with van der Waals surface area (Å²) in [6.07, 6.45) is 0.965. The van der Waals surface area contributed by atoms with Gasteiger partial charge in [-0.25, -0.2) is 13.1 Å². The maximum atomic E-state index is 12.3. The molecule has 0 fully saturated rings. The number of hydrogen-bond acceptors (Lipinski definition) is 2. The highest BCUT2D eigenvalue weighted by Crippen LogP contribution is 2.20. The number of nitrogens with one attached hydrogen (secondary N) is 1. The lowest BCUT2D eigenvalue weighted by Crippen LogP contribution is -2.28.